The van der Waals surface area contributed by atoms with Crippen molar-refractivity contribution in [1.82, 2.24) is 10.1 Å². The van der Waals surface area contributed by atoms with E-state index in [-0.39, 0.29) is 6.17 Å². The summed E-state index contributed by atoms with van der Waals surface area (Å²) in [5, 5.41) is 3.89. The number of aliphatic imine (C=N–C) groups is 1. The number of anilines is 1. The van der Waals surface area contributed by atoms with Crippen molar-refractivity contribution in [3.63, 3.8) is 0 Å². The first kappa shape index (κ1) is 25.1. The Kier molecular flexibility index (Phi) is 7.01. The number of hydrogen-bond donors (Lipinski definition) is 1. The number of nitrogens with one attached hydrogen (secondary N) is 1. The number of H-pyrrole nitrogens is 1. The van der Waals surface area contributed by atoms with Crippen molar-refractivity contribution in [3.05, 3.63) is 106 Å². The first-order chi connectivity index (χ1) is 19.1. The fourth-order valence-corrected chi connectivity index (χ4v) is 5.39. The maximum Gasteiger partial charge on any atom is 0.439 e. The van der Waals surface area contributed by atoms with Crippen LogP contribution < -0.4 is 10.7 Å². The van der Waals surface area contributed by atoms with Gasteiger partial charge in [-0.25, -0.2) is 4.79 Å². The predicted molar refractivity (Wildman–Crippen MR) is 157 cm³/mol. The lowest BCUT2D eigenvalue weighted by Gasteiger charge is -2.32. The van der Waals surface area contributed by atoms with E-state index in [1.54, 1.807) is 0 Å². The summed E-state index contributed by atoms with van der Waals surface area (Å²) in [5.41, 5.74) is 9.30. The molecule has 1 unspecified atom stereocenters. The third-order valence-corrected chi connectivity index (χ3v) is 7.68. The van der Waals surface area contributed by atoms with Crippen molar-refractivity contribution in [2.24, 2.45) is 4.99 Å². The molecule has 1 saturated carbocycles. The second-order valence-corrected chi connectivity index (χ2v) is 10.6. The maximum absolute atomic E-state index is 11.5. The lowest BCUT2D eigenvalue weighted by Crippen LogP contribution is -2.33. The normalized spacial score (nSPS) is 17.2. The monoisotopic (exact) mass is 518 g/mol. The Morgan fingerprint density at radius 3 is 2.51 bits per heavy atom. The highest BCUT2D eigenvalue weighted by atomic mass is 16.5. The van der Waals surface area contributed by atoms with Crippen LogP contribution in [0.4, 0.5) is 5.69 Å². The fraction of sp³-hybridized carbons (Fsp3) is 0.303. The molecule has 0 amide bonds. The Balaban J connectivity index is 1.28. The molecule has 3 aromatic carbocycles. The Labute approximate surface area is 229 Å². The highest BCUT2D eigenvalue weighted by molar-refractivity contribution is 6.02. The summed E-state index contributed by atoms with van der Waals surface area (Å²) in [5.74, 6) is 0.605. The zero-order chi connectivity index (χ0) is 26.8. The Morgan fingerprint density at radius 1 is 1.00 bits per heavy atom. The highest BCUT2D eigenvalue weighted by Crippen LogP contribution is 2.41. The van der Waals surface area contributed by atoms with Crippen LogP contribution in [0.1, 0.15) is 63.0 Å². The van der Waals surface area contributed by atoms with Gasteiger partial charge in [-0.3, -0.25) is 14.5 Å². The lowest BCUT2D eigenvalue weighted by atomic mass is 9.94. The number of hydrogen-bond acceptors (Lipinski definition) is 5. The molecule has 1 fully saturated rings. The van der Waals surface area contributed by atoms with Crippen LogP contribution in [0.2, 0.25) is 0 Å². The van der Waals surface area contributed by atoms with Gasteiger partial charge in [0.05, 0.1) is 0 Å². The molecule has 1 aliphatic heterocycles. The molecule has 6 rings (SSSR count). The van der Waals surface area contributed by atoms with Crippen LogP contribution >= 0.6 is 0 Å². The van der Waals surface area contributed by atoms with Crippen LogP contribution in [0.3, 0.4) is 0 Å². The molecule has 2 heterocycles. The summed E-state index contributed by atoms with van der Waals surface area (Å²) in [6.45, 7) is 4.43. The quantitative estimate of drug-likeness (QED) is 0.249. The molecule has 198 valence electrons. The minimum Gasteiger partial charge on any atom is -0.325 e. The number of rotatable bonds is 9. The number of unbranched alkanes of at least 4 members (excludes halogenated alkanes) is 1. The molecule has 2 aliphatic rings. The Bertz CT molecular complexity index is 1570. The van der Waals surface area contributed by atoms with Crippen molar-refractivity contribution in [3.8, 4) is 22.5 Å². The lowest BCUT2D eigenvalue weighted by molar-refractivity contribution is 0.388. The van der Waals surface area contributed by atoms with Gasteiger partial charge in [0, 0.05) is 29.6 Å². The zero-order valence-electron chi connectivity index (χ0n) is 22.6. The fourth-order valence-electron chi connectivity index (χ4n) is 5.39. The molecule has 1 N–H and O–H groups in total. The molecule has 0 radical (unpaired) electrons. The molecule has 6 nitrogen and oxygen atoms in total. The molecule has 0 bridgehead atoms. The Hall–Kier alpha value is -4.19. The third-order valence-electron chi connectivity index (χ3n) is 7.68. The standard InChI is InChI=1S/C33H34N4O2/c1-3-4-12-31-27(21-37(22(2)34-31)28-9-7-8-26(20-28)24-17-18-24)19-23-13-15-25(16-14-23)29-10-5-6-11-30(29)32-35-33(38)39-36-32/h5-11,13-16,20-22,24H,3-4,12,17-19H2,1-2H3,(H,35,36,38). The molecule has 1 atom stereocenters. The average molecular weight is 519 g/mol. The van der Waals surface area contributed by atoms with E-state index in [9.17, 15) is 4.79 Å². The molecule has 1 aromatic heterocycles. The third kappa shape index (κ3) is 5.51. The first-order valence-electron chi connectivity index (χ1n) is 14.0. The average Bonchev–Trinajstić information content (AvgIpc) is 3.73. The molecule has 0 saturated heterocycles. The number of aromatic amines is 1. The predicted octanol–water partition coefficient (Wildman–Crippen LogP) is 7.50. The van der Waals surface area contributed by atoms with Gasteiger partial charge in [-0.1, -0.05) is 79.2 Å². The molecule has 0 spiro atoms. The van der Waals surface area contributed by atoms with Crippen LogP contribution in [0, 0.1) is 0 Å². The summed E-state index contributed by atoms with van der Waals surface area (Å²) < 4.78 is 4.74. The molecule has 4 aromatic rings. The van der Waals surface area contributed by atoms with Gasteiger partial charge in [-0.05, 0) is 78.5 Å². The SMILES string of the molecule is CCCCC1=NC(C)N(c2cccc(C3CC3)c2)C=C1Cc1ccc(-c2ccccc2-c2noc(=O)[nH]2)cc1. The van der Waals surface area contributed by atoms with Gasteiger partial charge in [0.25, 0.3) is 0 Å². The minimum atomic E-state index is -0.556. The highest BCUT2D eigenvalue weighted by Gasteiger charge is 2.26. The minimum absolute atomic E-state index is 0.0805. The van der Waals surface area contributed by atoms with Gasteiger partial charge in [-0.15, -0.1) is 0 Å². The van der Waals surface area contributed by atoms with Gasteiger partial charge in [0.15, 0.2) is 5.82 Å². The largest absolute Gasteiger partial charge is 0.439 e. The number of aromatic nitrogens is 2. The summed E-state index contributed by atoms with van der Waals surface area (Å²) in [7, 11) is 0. The molecular formula is C33H34N4O2. The van der Waals surface area contributed by atoms with Crippen LogP contribution in [-0.4, -0.2) is 22.0 Å². The van der Waals surface area contributed by atoms with Crippen LogP contribution in [-0.2, 0) is 6.42 Å². The number of allylic oxidation sites excluding steroid dienone is 1. The smallest absolute Gasteiger partial charge is 0.325 e. The number of benzene rings is 3. The van der Waals surface area contributed by atoms with E-state index in [1.165, 1.54) is 40.9 Å². The van der Waals surface area contributed by atoms with E-state index in [2.05, 4.69) is 83.6 Å². The van der Waals surface area contributed by atoms with E-state index in [0.29, 0.717) is 5.82 Å². The molecule has 39 heavy (non-hydrogen) atoms. The molecule has 6 heteroatoms. The van der Waals surface area contributed by atoms with E-state index in [0.717, 1.165) is 48.3 Å². The van der Waals surface area contributed by atoms with Gasteiger partial charge in [0.2, 0.25) is 0 Å². The summed E-state index contributed by atoms with van der Waals surface area (Å²) in [6, 6.07) is 25.5. The van der Waals surface area contributed by atoms with Crippen LogP contribution in [0.15, 0.2) is 98.9 Å². The van der Waals surface area contributed by atoms with E-state index < -0.39 is 5.76 Å². The van der Waals surface area contributed by atoms with Gasteiger partial charge >= 0.3 is 5.76 Å². The topological polar surface area (TPSA) is 74.5 Å². The van der Waals surface area contributed by atoms with Crippen LogP contribution in [0.25, 0.3) is 22.5 Å². The van der Waals surface area contributed by atoms with Crippen molar-refractivity contribution in [2.75, 3.05) is 4.90 Å². The van der Waals surface area contributed by atoms with Crippen molar-refractivity contribution < 1.29 is 4.52 Å². The van der Waals surface area contributed by atoms with E-state index in [4.69, 9.17) is 9.52 Å². The summed E-state index contributed by atoms with van der Waals surface area (Å²) in [4.78, 5) is 21.7. The number of nitrogens with zero attached hydrogens (tertiary/aromatic N) is 3. The van der Waals surface area contributed by atoms with Gasteiger partial charge in [0.1, 0.15) is 6.17 Å². The maximum atomic E-state index is 11.5. The Morgan fingerprint density at radius 2 is 1.79 bits per heavy atom. The molecular weight excluding hydrogens is 484 g/mol. The van der Waals surface area contributed by atoms with E-state index in [1.807, 2.05) is 24.3 Å². The van der Waals surface area contributed by atoms with Crippen molar-refractivity contribution in [2.45, 2.75) is 64.5 Å². The van der Waals surface area contributed by atoms with E-state index >= 15 is 0 Å². The van der Waals surface area contributed by atoms with Gasteiger partial charge < -0.3 is 4.90 Å². The van der Waals surface area contributed by atoms with Crippen molar-refractivity contribution >= 4 is 11.4 Å². The van der Waals surface area contributed by atoms with Crippen LogP contribution in [0.5, 0.6) is 0 Å². The zero-order valence-corrected chi connectivity index (χ0v) is 22.6. The second-order valence-electron chi connectivity index (χ2n) is 10.6. The molecule has 1 aliphatic carbocycles. The summed E-state index contributed by atoms with van der Waals surface area (Å²) >= 11 is 0. The summed E-state index contributed by atoms with van der Waals surface area (Å²) in [6.07, 6.45) is 9.14. The first-order valence-corrected chi connectivity index (χ1v) is 14.0. The second kappa shape index (κ2) is 10.9. The van der Waals surface area contributed by atoms with Crippen molar-refractivity contribution in [1.29, 1.82) is 0 Å². The van der Waals surface area contributed by atoms with Gasteiger partial charge in [-0.2, -0.15) is 0 Å².